The summed E-state index contributed by atoms with van der Waals surface area (Å²) in [6.45, 7) is 2.03. The molecule has 0 saturated carbocycles. The Labute approximate surface area is 166 Å². The Morgan fingerprint density at radius 2 is 1.36 bits per heavy atom. The molecule has 3 nitrogen and oxygen atoms in total. The van der Waals surface area contributed by atoms with Crippen LogP contribution in [0.5, 0.6) is 0 Å². The van der Waals surface area contributed by atoms with Crippen LogP contribution in [-0.4, -0.2) is 12.1 Å². The summed E-state index contributed by atoms with van der Waals surface area (Å²) in [4.78, 5) is 12.8. The molecular formula is C25H23NO2. The number of nitrogens with zero attached hydrogens (tertiary/aromatic N) is 1. The van der Waals surface area contributed by atoms with Gasteiger partial charge in [-0.3, -0.25) is 0 Å². The fourth-order valence-electron chi connectivity index (χ4n) is 3.54. The van der Waals surface area contributed by atoms with Crippen molar-refractivity contribution in [2.75, 3.05) is 0 Å². The zero-order valence-corrected chi connectivity index (χ0v) is 15.9. The highest BCUT2D eigenvalue weighted by Gasteiger charge is 2.44. The molecule has 0 heterocycles. The first-order valence-electron chi connectivity index (χ1n) is 9.50. The Hall–Kier alpha value is -3.38. The fraction of sp³-hybridized carbons (Fsp3) is 0.200. The largest absolute Gasteiger partial charge is 0.456 e. The summed E-state index contributed by atoms with van der Waals surface area (Å²) in [7, 11) is 0. The number of ether oxygens (including phenoxy) is 1. The molecule has 3 aromatic carbocycles. The lowest BCUT2D eigenvalue weighted by molar-refractivity contribution is 0.0165. The monoisotopic (exact) mass is 369 g/mol. The number of hydrogen-bond donors (Lipinski definition) is 0. The third-order valence-electron chi connectivity index (χ3n) is 4.93. The normalized spacial score (nSPS) is 12.0. The Kier molecular flexibility index (Phi) is 6.24. The lowest BCUT2D eigenvalue weighted by atomic mass is 9.70. The molecular weight excluding hydrogens is 346 g/mol. The standard InChI is InChI=1S/C25H23NO2/c1-2-12-23(28-24(27)20-13-6-3-7-14-20)25(19-26,21-15-8-4-9-16-21)22-17-10-5-11-18-22/h3-11,13-18,23H,2,12H2,1H3. The van der Waals surface area contributed by atoms with E-state index < -0.39 is 17.5 Å². The third kappa shape index (κ3) is 3.82. The zero-order valence-electron chi connectivity index (χ0n) is 15.9. The van der Waals surface area contributed by atoms with Crippen LogP contribution < -0.4 is 0 Å². The van der Waals surface area contributed by atoms with Gasteiger partial charge in [0.2, 0.25) is 0 Å². The molecule has 0 bridgehead atoms. The highest BCUT2D eigenvalue weighted by atomic mass is 16.5. The van der Waals surface area contributed by atoms with Crippen molar-refractivity contribution < 1.29 is 9.53 Å². The maximum absolute atomic E-state index is 12.8. The van der Waals surface area contributed by atoms with E-state index in [0.717, 1.165) is 17.5 Å². The smallest absolute Gasteiger partial charge is 0.338 e. The molecule has 0 aliphatic rings. The number of hydrogen-bond acceptors (Lipinski definition) is 3. The molecule has 0 N–H and O–H groups in total. The Morgan fingerprint density at radius 1 is 0.893 bits per heavy atom. The topological polar surface area (TPSA) is 50.1 Å². The van der Waals surface area contributed by atoms with Crippen LogP contribution >= 0.6 is 0 Å². The summed E-state index contributed by atoms with van der Waals surface area (Å²) < 4.78 is 5.98. The summed E-state index contributed by atoms with van der Waals surface area (Å²) in [6.07, 6.45) is 0.756. The highest BCUT2D eigenvalue weighted by Crippen LogP contribution is 2.39. The second kappa shape index (κ2) is 9.01. The van der Waals surface area contributed by atoms with E-state index in [1.807, 2.05) is 73.7 Å². The maximum Gasteiger partial charge on any atom is 0.338 e. The molecule has 0 aromatic heterocycles. The predicted octanol–water partition coefficient (Wildman–Crippen LogP) is 5.52. The minimum absolute atomic E-state index is 0.412. The van der Waals surface area contributed by atoms with Crippen LogP contribution in [-0.2, 0) is 10.2 Å². The molecule has 0 aliphatic carbocycles. The maximum atomic E-state index is 12.8. The van der Waals surface area contributed by atoms with E-state index in [1.165, 1.54) is 0 Å². The summed E-state index contributed by atoms with van der Waals surface area (Å²) in [5, 5.41) is 10.4. The van der Waals surface area contributed by atoms with Crippen molar-refractivity contribution in [3.8, 4) is 6.07 Å². The van der Waals surface area contributed by atoms with Crippen molar-refractivity contribution in [3.63, 3.8) is 0 Å². The number of carbonyl (C=O) groups excluding carboxylic acids is 1. The van der Waals surface area contributed by atoms with E-state index in [2.05, 4.69) is 6.07 Å². The average molecular weight is 369 g/mol. The molecule has 0 amide bonds. The molecule has 0 saturated heterocycles. The molecule has 0 fully saturated rings. The number of nitriles is 1. The second-order valence-electron chi connectivity index (χ2n) is 6.70. The highest BCUT2D eigenvalue weighted by molar-refractivity contribution is 5.89. The first-order chi connectivity index (χ1) is 13.7. The minimum Gasteiger partial charge on any atom is -0.456 e. The van der Waals surface area contributed by atoms with Gasteiger partial charge in [-0.25, -0.2) is 4.79 Å². The summed E-state index contributed by atoms with van der Waals surface area (Å²) in [6, 6.07) is 30.6. The van der Waals surface area contributed by atoms with Crippen LogP contribution in [0.1, 0.15) is 41.3 Å². The van der Waals surface area contributed by atoms with Crippen LogP contribution in [0.25, 0.3) is 0 Å². The number of esters is 1. The van der Waals surface area contributed by atoms with Crippen LogP contribution in [0.4, 0.5) is 0 Å². The fourth-order valence-corrected chi connectivity index (χ4v) is 3.54. The van der Waals surface area contributed by atoms with Gasteiger partial charge in [-0.2, -0.15) is 5.26 Å². The quantitative estimate of drug-likeness (QED) is 0.515. The van der Waals surface area contributed by atoms with Crippen LogP contribution in [0.3, 0.4) is 0 Å². The molecule has 3 aromatic rings. The van der Waals surface area contributed by atoms with Gasteiger partial charge in [0.25, 0.3) is 0 Å². The molecule has 0 radical (unpaired) electrons. The summed E-state index contributed by atoms with van der Waals surface area (Å²) in [5.74, 6) is -0.412. The minimum atomic E-state index is -1.08. The van der Waals surface area contributed by atoms with Crippen LogP contribution in [0.2, 0.25) is 0 Å². The molecule has 140 valence electrons. The SMILES string of the molecule is CCCC(OC(=O)c1ccccc1)C(C#N)(c1ccccc1)c1ccccc1. The van der Waals surface area contributed by atoms with Crippen molar-refractivity contribution in [2.24, 2.45) is 0 Å². The second-order valence-corrected chi connectivity index (χ2v) is 6.70. The van der Waals surface area contributed by atoms with E-state index in [-0.39, 0.29) is 0 Å². The number of benzene rings is 3. The molecule has 0 aliphatic heterocycles. The van der Waals surface area contributed by atoms with Crippen molar-refractivity contribution in [1.82, 2.24) is 0 Å². The van der Waals surface area contributed by atoms with Gasteiger partial charge in [-0.15, -0.1) is 0 Å². The third-order valence-corrected chi connectivity index (χ3v) is 4.93. The lowest BCUT2D eigenvalue weighted by Gasteiger charge is -2.35. The van der Waals surface area contributed by atoms with Gasteiger partial charge in [0.05, 0.1) is 11.6 Å². The molecule has 3 heteroatoms. The molecule has 1 atom stereocenters. The van der Waals surface area contributed by atoms with E-state index in [9.17, 15) is 10.1 Å². The molecule has 28 heavy (non-hydrogen) atoms. The van der Waals surface area contributed by atoms with E-state index >= 15 is 0 Å². The number of rotatable bonds is 7. The Balaban J connectivity index is 2.11. The van der Waals surface area contributed by atoms with E-state index in [0.29, 0.717) is 12.0 Å². The van der Waals surface area contributed by atoms with Crippen molar-refractivity contribution in [2.45, 2.75) is 31.3 Å². The van der Waals surface area contributed by atoms with Crippen molar-refractivity contribution in [3.05, 3.63) is 108 Å². The van der Waals surface area contributed by atoms with Crippen LogP contribution in [0, 0.1) is 11.3 Å². The van der Waals surface area contributed by atoms with Gasteiger partial charge in [-0.05, 0) is 29.7 Å². The first-order valence-corrected chi connectivity index (χ1v) is 9.50. The van der Waals surface area contributed by atoms with Gasteiger partial charge < -0.3 is 4.74 Å². The van der Waals surface area contributed by atoms with Gasteiger partial charge in [-0.1, -0.05) is 92.2 Å². The molecule has 3 rings (SSSR count). The van der Waals surface area contributed by atoms with Gasteiger partial charge >= 0.3 is 5.97 Å². The predicted molar refractivity (Wildman–Crippen MR) is 110 cm³/mol. The Morgan fingerprint density at radius 3 is 1.79 bits per heavy atom. The Bertz CT molecular complexity index is 891. The molecule has 1 unspecified atom stereocenters. The van der Waals surface area contributed by atoms with Gasteiger partial charge in [0.1, 0.15) is 11.5 Å². The van der Waals surface area contributed by atoms with Crippen molar-refractivity contribution >= 4 is 5.97 Å². The van der Waals surface area contributed by atoms with Gasteiger partial charge in [0, 0.05) is 0 Å². The molecule has 0 spiro atoms. The van der Waals surface area contributed by atoms with Gasteiger partial charge in [0.15, 0.2) is 0 Å². The number of carbonyl (C=O) groups is 1. The summed E-state index contributed by atoms with van der Waals surface area (Å²) >= 11 is 0. The average Bonchev–Trinajstić information content (AvgIpc) is 2.77. The van der Waals surface area contributed by atoms with Crippen LogP contribution in [0.15, 0.2) is 91.0 Å². The first kappa shape index (κ1) is 19.4. The van der Waals surface area contributed by atoms with Crippen molar-refractivity contribution in [1.29, 1.82) is 5.26 Å². The van der Waals surface area contributed by atoms with E-state index in [4.69, 9.17) is 4.74 Å². The zero-order chi connectivity index (χ0) is 19.8. The van der Waals surface area contributed by atoms with E-state index in [1.54, 1.807) is 24.3 Å². The summed E-state index contributed by atoms with van der Waals surface area (Å²) in [5.41, 5.74) is 1.05. The lowest BCUT2D eigenvalue weighted by Crippen LogP contribution is -2.42.